The monoisotopic (exact) mass is 441 g/mol. The molecule has 0 atom stereocenters. The number of nitrogens with zero attached hydrogens (tertiary/aromatic N) is 1. The van der Waals surface area contributed by atoms with Gasteiger partial charge in [-0.15, -0.1) is 11.3 Å². The molecular formula is C20H12BrNO4S. The van der Waals surface area contributed by atoms with Crippen LogP contribution in [0.15, 0.2) is 67.6 Å². The van der Waals surface area contributed by atoms with Gasteiger partial charge < -0.3 is 9.15 Å². The van der Waals surface area contributed by atoms with Crippen molar-refractivity contribution in [2.75, 3.05) is 0 Å². The first kappa shape index (κ1) is 17.6. The highest BCUT2D eigenvalue weighted by Gasteiger charge is 2.21. The fraction of sp³-hybridized carbons (Fsp3) is 0.0500. The second kappa shape index (κ2) is 7.09. The van der Waals surface area contributed by atoms with E-state index in [1.54, 1.807) is 29.6 Å². The van der Waals surface area contributed by atoms with E-state index in [1.807, 2.05) is 24.3 Å². The number of benzene rings is 2. The molecule has 2 heterocycles. The molecule has 0 bridgehead atoms. The Morgan fingerprint density at radius 3 is 2.63 bits per heavy atom. The van der Waals surface area contributed by atoms with E-state index in [2.05, 4.69) is 20.9 Å². The van der Waals surface area contributed by atoms with Crippen molar-refractivity contribution >= 4 is 44.2 Å². The lowest BCUT2D eigenvalue weighted by atomic mass is 10.2. The highest BCUT2D eigenvalue weighted by Crippen LogP contribution is 2.34. The van der Waals surface area contributed by atoms with Crippen LogP contribution in [0.1, 0.15) is 6.92 Å². The van der Waals surface area contributed by atoms with Crippen LogP contribution in [0.4, 0.5) is 0 Å². The molecule has 0 fully saturated rings. The Kier molecular flexibility index (Phi) is 4.63. The molecule has 0 aliphatic carbocycles. The number of carbonyl (C=O) groups is 1. The number of hydrogen-bond donors (Lipinski definition) is 0. The number of ether oxygens (including phenoxy) is 1. The summed E-state index contributed by atoms with van der Waals surface area (Å²) in [5.74, 6) is -0.593. The molecular weight excluding hydrogens is 430 g/mol. The summed E-state index contributed by atoms with van der Waals surface area (Å²) in [4.78, 5) is 28.9. The average Bonchev–Trinajstić information content (AvgIpc) is 3.14. The molecule has 0 aliphatic heterocycles. The van der Waals surface area contributed by atoms with Gasteiger partial charge in [0.15, 0.2) is 0 Å². The smallest absolute Gasteiger partial charge is 0.308 e. The van der Waals surface area contributed by atoms with E-state index in [9.17, 15) is 9.59 Å². The van der Waals surface area contributed by atoms with Gasteiger partial charge in [0.2, 0.25) is 16.9 Å². The quantitative estimate of drug-likeness (QED) is 0.405. The minimum atomic E-state index is -0.595. The molecule has 0 radical (unpaired) electrons. The molecule has 4 rings (SSSR count). The summed E-state index contributed by atoms with van der Waals surface area (Å²) in [5.41, 5.74) is 1.38. The standard InChI is InChI=1S/C20H12BrNO4S/c1-11(23)25-19-17(24)14-4-2-3-5-16(14)26-18(19)15-10-27-20(22-15)12-6-8-13(21)9-7-12/h2-10H,1H3. The van der Waals surface area contributed by atoms with Gasteiger partial charge in [-0.1, -0.05) is 40.2 Å². The molecule has 2 aromatic carbocycles. The molecule has 0 saturated carbocycles. The zero-order chi connectivity index (χ0) is 19.0. The number of carbonyl (C=O) groups excluding carboxylic acids is 1. The second-order valence-corrected chi connectivity index (χ2v) is 7.50. The van der Waals surface area contributed by atoms with E-state index in [1.165, 1.54) is 18.3 Å². The van der Waals surface area contributed by atoms with E-state index in [-0.39, 0.29) is 11.5 Å². The Hall–Kier alpha value is -2.77. The van der Waals surface area contributed by atoms with Crippen molar-refractivity contribution in [3.05, 3.63) is 68.6 Å². The van der Waals surface area contributed by atoms with Gasteiger partial charge in [0.25, 0.3) is 0 Å². The van der Waals surface area contributed by atoms with Crippen molar-refractivity contribution < 1.29 is 13.9 Å². The van der Waals surface area contributed by atoms with Crippen LogP contribution < -0.4 is 10.2 Å². The molecule has 4 aromatic rings. The van der Waals surface area contributed by atoms with Crippen LogP contribution in [0.5, 0.6) is 5.75 Å². The molecule has 0 amide bonds. The summed E-state index contributed by atoms with van der Waals surface area (Å²) < 4.78 is 12.0. The first-order chi connectivity index (χ1) is 13.0. The summed E-state index contributed by atoms with van der Waals surface area (Å²) in [5, 5.41) is 2.89. The van der Waals surface area contributed by atoms with Crippen molar-refractivity contribution in [1.82, 2.24) is 4.98 Å². The third-order valence-electron chi connectivity index (χ3n) is 3.83. The normalized spacial score (nSPS) is 10.9. The summed E-state index contributed by atoms with van der Waals surface area (Å²) in [6.07, 6.45) is 0. The fourth-order valence-electron chi connectivity index (χ4n) is 2.63. The largest absolute Gasteiger partial charge is 0.450 e. The minimum absolute atomic E-state index is 0.145. The topological polar surface area (TPSA) is 69.4 Å². The predicted octanol–water partition coefficient (Wildman–Crippen LogP) is 5.27. The Morgan fingerprint density at radius 1 is 1.15 bits per heavy atom. The van der Waals surface area contributed by atoms with Crippen molar-refractivity contribution in [1.29, 1.82) is 0 Å². The molecule has 134 valence electrons. The minimum Gasteiger partial charge on any atom is -0.450 e. The summed E-state index contributed by atoms with van der Waals surface area (Å²) in [6, 6.07) is 14.6. The summed E-state index contributed by atoms with van der Waals surface area (Å²) in [7, 11) is 0. The van der Waals surface area contributed by atoms with E-state index >= 15 is 0 Å². The number of para-hydroxylation sites is 1. The molecule has 7 heteroatoms. The fourth-order valence-corrected chi connectivity index (χ4v) is 3.70. The molecule has 0 spiro atoms. The first-order valence-electron chi connectivity index (χ1n) is 7.99. The highest BCUT2D eigenvalue weighted by atomic mass is 79.9. The van der Waals surface area contributed by atoms with Crippen LogP contribution in [0, 0.1) is 0 Å². The lowest BCUT2D eigenvalue weighted by molar-refractivity contribution is -0.131. The molecule has 2 aromatic heterocycles. The van der Waals surface area contributed by atoms with Crippen LogP contribution in [0.25, 0.3) is 33.0 Å². The summed E-state index contributed by atoms with van der Waals surface area (Å²) in [6.45, 7) is 1.24. The molecule has 27 heavy (non-hydrogen) atoms. The maximum Gasteiger partial charge on any atom is 0.308 e. The Bertz CT molecular complexity index is 1210. The van der Waals surface area contributed by atoms with Gasteiger partial charge in [0.1, 0.15) is 16.3 Å². The van der Waals surface area contributed by atoms with Crippen molar-refractivity contribution in [2.45, 2.75) is 6.92 Å². The lowest BCUT2D eigenvalue weighted by Gasteiger charge is -2.07. The van der Waals surface area contributed by atoms with Crippen LogP contribution >= 0.6 is 27.3 Å². The maximum absolute atomic E-state index is 12.8. The van der Waals surface area contributed by atoms with E-state index in [4.69, 9.17) is 9.15 Å². The third-order valence-corrected chi connectivity index (χ3v) is 5.25. The molecule has 5 nitrogen and oxygen atoms in total. The second-order valence-electron chi connectivity index (χ2n) is 5.72. The molecule has 0 aliphatic rings. The SMILES string of the molecule is CC(=O)Oc1c(-c2csc(-c3ccc(Br)cc3)n2)oc2ccccc2c1=O. The van der Waals surface area contributed by atoms with Crippen LogP contribution in [-0.4, -0.2) is 11.0 Å². The van der Waals surface area contributed by atoms with Crippen molar-refractivity contribution in [3.63, 3.8) is 0 Å². The number of thiazole rings is 1. The van der Waals surface area contributed by atoms with Gasteiger partial charge in [-0.25, -0.2) is 4.98 Å². The summed E-state index contributed by atoms with van der Waals surface area (Å²) >= 11 is 4.82. The predicted molar refractivity (Wildman–Crippen MR) is 108 cm³/mol. The van der Waals surface area contributed by atoms with Crippen molar-refractivity contribution in [3.8, 4) is 27.8 Å². The number of fused-ring (bicyclic) bond motifs is 1. The maximum atomic E-state index is 12.8. The van der Waals surface area contributed by atoms with E-state index < -0.39 is 11.4 Å². The van der Waals surface area contributed by atoms with E-state index in [0.717, 1.165) is 15.0 Å². The Morgan fingerprint density at radius 2 is 1.89 bits per heavy atom. The Balaban J connectivity index is 1.89. The third kappa shape index (κ3) is 3.43. The molecule has 0 N–H and O–H groups in total. The molecule has 0 saturated heterocycles. The Labute approximate surface area is 166 Å². The van der Waals surface area contributed by atoms with Crippen LogP contribution in [-0.2, 0) is 4.79 Å². The number of hydrogen-bond acceptors (Lipinski definition) is 6. The van der Waals surface area contributed by atoms with Gasteiger partial charge in [0, 0.05) is 22.3 Å². The lowest BCUT2D eigenvalue weighted by Crippen LogP contribution is -2.13. The van der Waals surface area contributed by atoms with Crippen LogP contribution in [0.3, 0.4) is 0 Å². The number of rotatable bonds is 3. The number of aromatic nitrogens is 1. The number of halogens is 1. The van der Waals surface area contributed by atoms with Gasteiger partial charge in [0.05, 0.1) is 5.39 Å². The van der Waals surface area contributed by atoms with Gasteiger partial charge in [-0.3, -0.25) is 9.59 Å². The van der Waals surface area contributed by atoms with Gasteiger partial charge in [-0.2, -0.15) is 0 Å². The van der Waals surface area contributed by atoms with Crippen LogP contribution in [0.2, 0.25) is 0 Å². The van der Waals surface area contributed by atoms with Gasteiger partial charge >= 0.3 is 5.97 Å². The zero-order valence-electron chi connectivity index (χ0n) is 14.1. The van der Waals surface area contributed by atoms with Crippen molar-refractivity contribution in [2.24, 2.45) is 0 Å². The van der Waals surface area contributed by atoms with E-state index in [0.29, 0.717) is 16.7 Å². The molecule has 0 unspecified atom stereocenters. The highest BCUT2D eigenvalue weighted by molar-refractivity contribution is 9.10. The number of esters is 1. The average molecular weight is 442 g/mol. The van der Waals surface area contributed by atoms with Gasteiger partial charge in [-0.05, 0) is 24.3 Å². The first-order valence-corrected chi connectivity index (χ1v) is 9.66. The zero-order valence-corrected chi connectivity index (χ0v) is 16.5.